The van der Waals surface area contributed by atoms with Gasteiger partial charge in [0.05, 0.1) is 5.56 Å². The van der Waals surface area contributed by atoms with Crippen LogP contribution in [0.15, 0.2) is 36.4 Å². The molecule has 0 saturated heterocycles. The lowest BCUT2D eigenvalue weighted by molar-refractivity contribution is 0.102. The van der Waals surface area contributed by atoms with Gasteiger partial charge in [-0.1, -0.05) is 31.9 Å². The van der Waals surface area contributed by atoms with Gasteiger partial charge in [0.2, 0.25) is 0 Å². The van der Waals surface area contributed by atoms with Crippen molar-refractivity contribution >= 4 is 34.9 Å². The number of aryl methyl sites for hydroxylation is 1. The van der Waals surface area contributed by atoms with Gasteiger partial charge in [0.1, 0.15) is 5.82 Å². The van der Waals surface area contributed by atoms with Gasteiger partial charge in [-0.15, -0.1) is 0 Å². The van der Waals surface area contributed by atoms with Gasteiger partial charge >= 0.3 is 0 Å². The Morgan fingerprint density at radius 1 is 1.19 bits per heavy atom. The molecule has 2 rings (SSSR count). The Morgan fingerprint density at radius 2 is 1.96 bits per heavy atom. The van der Waals surface area contributed by atoms with Crippen molar-refractivity contribution in [1.29, 1.82) is 0 Å². The van der Waals surface area contributed by atoms with E-state index in [1.165, 1.54) is 6.07 Å². The summed E-state index contributed by atoms with van der Waals surface area (Å²) in [5.74, 6) is -0.0608. The number of carbonyl (C=O) groups excluding carboxylic acids is 1. The highest BCUT2D eigenvalue weighted by Crippen LogP contribution is 2.26. The minimum absolute atomic E-state index is 0.0401. The van der Waals surface area contributed by atoms with Crippen molar-refractivity contribution in [3.05, 3.63) is 53.3 Å². The molecule has 0 bridgehead atoms. The quantitative estimate of drug-likeness (QED) is 0.614. The smallest absolute Gasteiger partial charge is 0.258 e. The van der Waals surface area contributed by atoms with E-state index in [1.54, 1.807) is 30.1 Å². The van der Waals surface area contributed by atoms with Gasteiger partial charge in [-0.25, -0.2) is 4.39 Å². The van der Waals surface area contributed by atoms with E-state index >= 15 is 0 Å². The second-order valence-electron chi connectivity index (χ2n) is 5.92. The van der Waals surface area contributed by atoms with Crippen LogP contribution in [-0.2, 0) is 0 Å². The number of rotatable bonds is 8. The Labute approximate surface area is 159 Å². The van der Waals surface area contributed by atoms with E-state index in [2.05, 4.69) is 28.8 Å². The number of hydrogen-bond donors (Lipinski definition) is 2. The lowest BCUT2D eigenvalue weighted by Gasteiger charge is -2.22. The molecule has 1 amide bonds. The molecule has 0 unspecified atom stereocenters. The summed E-state index contributed by atoms with van der Waals surface area (Å²) in [4.78, 5) is 12.5. The molecule has 2 aromatic rings. The van der Waals surface area contributed by atoms with Crippen LogP contribution in [0.2, 0.25) is 0 Å². The van der Waals surface area contributed by atoms with Gasteiger partial charge in [0.25, 0.3) is 5.91 Å². The summed E-state index contributed by atoms with van der Waals surface area (Å²) in [6.45, 7) is 6.96. The Morgan fingerprint density at radius 3 is 2.58 bits per heavy atom. The molecule has 0 saturated carbocycles. The fourth-order valence-corrected chi connectivity index (χ4v) is 3.52. The SMILES string of the molecule is CCCN(SCC)c1ccc(C(=O)Nc2ccc(C)c(NC)c2)c(F)c1. The molecular formula is C20H26FN3OS. The zero-order chi connectivity index (χ0) is 19.1. The molecule has 0 aliphatic carbocycles. The fraction of sp³-hybridized carbons (Fsp3) is 0.350. The maximum absolute atomic E-state index is 14.5. The van der Waals surface area contributed by atoms with Gasteiger partial charge in [0.15, 0.2) is 0 Å². The lowest BCUT2D eigenvalue weighted by atomic mass is 10.1. The molecule has 26 heavy (non-hydrogen) atoms. The van der Waals surface area contributed by atoms with Crippen molar-refractivity contribution in [2.24, 2.45) is 0 Å². The second kappa shape index (κ2) is 9.48. The Hall–Kier alpha value is -2.21. The molecule has 0 atom stereocenters. The van der Waals surface area contributed by atoms with Crippen molar-refractivity contribution in [1.82, 2.24) is 0 Å². The van der Waals surface area contributed by atoms with E-state index in [0.29, 0.717) is 5.69 Å². The van der Waals surface area contributed by atoms with Gasteiger partial charge in [-0.05, 0) is 49.2 Å². The highest BCUT2D eigenvalue weighted by Gasteiger charge is 2.15. The van der Waals surface area contributed by atoms with Crippen LogP contribution >= 0.6 is 11.9 Å². The molecule has 0 heterocycles. The molecule has 0 fully saturated rings. The number of anilines is 3. The predicted octanol–water partition coefficient (Wildman–Crippen LogP) is 5.31. The molecule has 2 aromatic carbocycles. The zero-order valence-electron chi connectivity index (χ0n) is 15.7. The maximum Gasteiger partial charge on any atom is 0.258 e. The van der Waals surface area contributed by atoms with Crippen molar-refractivity contribution in [2.75, 3.05) is 34.3 Å². The number of hydrogen-bond acceptors (Lipinski definition) is 4. The zero-order valence-corrected chi connectivity index (χ0v) is 16.5. The Kier molecular flexibility index (Phi) is 7.33. The lowest BCUT2D eigenvalue weighted by Crippen LogP contribution is -2.18. The van der Waals surface area contributed by atoms with E-state index in [4.69, 9.17) is 0 Å². The predicted molar refractivity (Wildman–Crippen MR) is 111 cm³/mol. The first-order valence-corrected chi connectivity index (χ1v) is 9.74. The second-order valence-corrected chi connectivity index (χ2v) is 7.19. The van der Waals surface area contributed by atoms with Crippen molar-refractivity contribution in [2.45, 2.75) is 27.2 Å². The van der Waals surface area contributed by atoms with Crippen LogP contribution in [0.3, 0.4) is 0 Å². The van der Waals surface area contributed by atoms with Crippen LogP contribution < -0.4 is 14.9 Å². The summed E-state index contributed by atoms with van der Waals surface area (Å²) in [5, 5.41) is 5.83. The summed E-state index contributed by atoms with van der Waals surface area (Å²) < 4.78 is 16.6. The molecule has 0 radical (unpaired) electrons. The molecule has 140 valence electrons. The average Bonchev–Trinajstić information content (AvgIpc) is 2.63. The minimum Gasteiger partial charge on any atom is -0.388 e. The molecule has 0 aliphatic heterocycles. The summed E-state index contributed by atoms with van der Waals surface area (Å²) in [6, 6.07) is 10.3. The van der Waals surface area contributed by atoms with Gasteiger partial charge in [0, 0.05) is 36.4 Å². The number of nitrogens with zero attached hydrogens (tertiary/aromatic N) is 1. The van der Waals surface area contributed by atoms with Crippen LogP contribution in [-0.4, -0.2) is 25.3 Å². The molecule has 2 N–H and O–H groups in total. The highest BCUT2D eigenvalue weighted by atomic mass is 32.2. The van der Waals surface area contributed by atoms with Crippen molar-refractivity contribution in [3.8, 4) is 0 Å². The summed E-state index contributed by atoms with van der Waals surface area (Å²) >= 11 is 1.64. The number of nitrogens with one attached hydrogen (secondary N) is 2. The van der Waals surface area contributed by atoms with Gasteiger partial charge < -0.3 is 14.9 Å². The summed E-state index contributed by atoms with van der Waals surface area (Å²) in [6.07, 6.45) is 0.970. The van der Waals surface area contributed by atoms with E-state index in [-0.39, 0.29) is 5.56 Å². The molecule has 0 aliphatic rings. The van der Waals surface area contributed by atoms with Crippen LogP contribution in [0.1, 0.15) is 36.2 Å². The third kappa shape index (κ3) is 4.91. The largest absolute Gasteiger partial charge is 0.388 e. The summed E-state index contributed by atoms with van der Waals surface area (Å²) in [7, 11) is 1.82. The standard InChI is InChI=1S/C20H26FN3OS/c1-5-11-24(26-6-2)16-9-10-17(18(21)13-16)20(25)23-15-8-7-14(3)19(12-15)22-4/h7-10,12-13,22H,5-6,11H2,1-4H3,(H,23,25). The van der Waals surface area contributed by atoms with Gasteiger partial charge in [-0.3, -0.25) is 4.79 Å². The van der Waals surface area contributed by atoms with E-state index in [9.17, 15) is 9.18 Å². The summed E-state index contributed by atoms with van der Waals surface area (Å²) in [5.41, 5.74) is 3.44. The number of halogens is 1. The molecule has 0 aromatic heterocycles. The van der Waals surface area contributed by atoms with E-state index in [0.717, 1.165) is 35.7 Å². The minimum atomic E-state index is -0.515. The average molecular weight is 376 g/mol. The first-order valence-electron chi connectivity index (χ1n) is 8.79. The molecule has 4 nitrogen and oxygen atoms in total. The number of amides is 1. The molecular weight excluding hydrogens is 349 g/mol. The maximum atomic E-state index is 14.5. The van der Waals surface area contributed by atoms with Crippen molar-refractivity contribution in [3.63, 3.8) is 0 Å². The van der Waals surface area contributed by atoms with E-state index in [1.807, 2.05) is 26.1 Å². The highest BCUT2D eigenvalue weighted by molar-refractivity contribution is 8.00. The Balaban J connectivity index is 2.19. The third-order valence-electron chi connectivity index (χ3n) is 3.96. The number of carbonyl (C=O) groups is 1. The normalized spacial score (nSPS) is 10.5. The van der Waals surface area contributed by atoms with Crippen LogP contribution in [0.25, 0.3) is 0 Å². The van der Waals surface area contributed by atoms with E-state index < -0.39 is 11.7 Å². The van der Waals surface area contributed by atoms with Gasteiger partial charge in [-0.2, -0.15) is 0 Å². The van der Waals surface area contributed by atoms with Crippen LogP contribution in [0.4, 0.5) is 21.5 Å². The fourth-order valence-electron chi connectivity index (χ4n) is 2.64. The Bertz CT molecular complexity index is 761. The first-order chi connectivity index (χ1) is 12.5. The molecule has 6 heteroatoms. The third-order valence-corrected chi connectivity index (χ3v) is 4.92. The molecule has 0 spiro atoms. The number of benzene rings is 2. The topological polar surface area (TPSA) is 44.4 Å². The van der Waals surface area contributed by atoms with Crippen LogP contribution in [0, 0.1) is 12.7 Å². The van der Waals surface area contributed by atoms with Crippen molar-refractivity contribution < 1.29 is 9.18 Å². The van der Waals surface area contributed by atoms with Crippen LogP contribution in [0.5, 0.6) is 0 Å². The monoisotopic (exact) mass is 375 g/mol. The first kappa shape index (κ1) is 20.1.